The van der Waals surface area contributed by atoms with E-state index >= 15 is 0 Å². The summed E-state index contributed by atoms with van der Waals surface area (Å²) in [6.07, 6.45) is 0. The van der Waals surface area contributed by atoms with Crippen molar-refractivity contribution in [3.8, 4) is 0 Å². The third kappa shape index (κ3) is 9.47. The van der Waals surface area contributed by atoms with Gasteiger partial charge in [-0.1, -0.05) is 6.07 Å². The number of thioether (sulfide) groups is 4. The summed E-state index contributed by atoms with van der Waals surface area (Å²) in [6, 6.07) is 8.69. The molecule has 0 aliphatic heterocycles. The van der Waals surface area contributed by atoms with Gasteiger partial charge in [-0.05, 0) is 18.2 Å². The van der Waals surface area contributed by atoms with Gasteiger partial charge in [-0.3, -0.25) is 0 Å². The number of hydrogen-bond donors (Lipinski definition) is 2. The van der Waals surface area contributed by atoms with Crippen molar-refractivity contribution < 1.29 is 10.2 Å². The molecular formula is C14H22O2S4. The molecule has 1 aromatic carbocycles. The van der Waals surface area contributed by atoms with E-state index in [0.29, 0.717) is 0 Å². The summed E-state index contributed by atoms with van der Waals surface area (Å²) in [7, 11) is 0. The van der Waals surface area contributed by atoms with Crippen molar-refractivity contribution in [3.63, 3.8) is 0 Å². The van der Waals surface area contributed by atoms with Gasteiger partial charge in [0.15, 0.2) is 0 Å². The Morgan fingerprint density at radius 2 is 1.20 bits per heavy atom. The molecule has 0 amide bonds. The molecule has 0 atom stereocenters. The van der Waals surface area contributed by atoms with Crippen LogP contribution in [0.4, 0.5) is 0 Å². The minimum Gasteiger partial charge on any atom is -0.396 e. The summed E-state index contributed by atoms with van der Waals surface area (Å²) < 4.78 is 0. The number of aliphatic hydroxyl groups is 2. The predicted octanol–water partition coefficient (Wildman–Crippen LogP) is 3.32. The SMILES string of the molecule is OCCSCCSc1cccc(SCCSCCO)c1. The molecule has 0 spiro atoms. The topological polar surface area (TPSA) is 40.5 Å². The van der Waals surface area contributed by atoms with Crippen LogP contribution in [-0.4, -0.2) is 57.9 Å². The zero-order valence-electron chi connectivity index (χ0n) is 11.5. The third-order valence-electron chi connectivity index (χ3n) is 2.27. The second kappa shape index (κ2) is 13.2. The lowest BCUT2D eigenvalue weighted by Gasteiger charge is -2.05. The lowest BCUT2D eigenvalue weighted by molar-refractivity contribution is 0.322. The molecule has 2 N–H and O–H groups in total. The molecule has 0 saturated heterocycles. The Bertz CT molecular complexity index is 320. The van der Waals surface area contributed by atoms with E-state index in [2.05, 4.69) is 24.3 Å². The van der Waals surface area contributed by atoms with Gasteiger partial charge in [0.25, 0.3) is 0 Å². The molecule has 0 bridgehead atoms. The molecule has 0 heterocycles. The van der Waals surface area contributed by atoms with Crippen LogP contribution < -0.4 is 0 Å². The Morgan fingerprint density at radius 3 is 1.65 bits per heavy atom. The summed E-state index contributed by atoms with van der Waals surface area (Å²) in [5.41, 5.74) is 0. The molecule has 0 unspecified atom stereocenters. The average molecular weight is 351 g/mol. The predicted molar refractivity (Wildman–Crippen MR) is 96.7 cm³/mol. The standard InChI is InChI=1S/C14H22O2S4/c15-4-6-17-8-10-19-13-2-1-3-14(12-13)20-11-9-18-7-5-16/h1-3,12,15-16H,4-11H2. The van der Waals surface area contributed by atoms with E-state index in [9.17, 15) is 0 Å². The average Bonchev–Trinajstić information content (AvgIpc) is 2.47. The van der Waals surface area contributed by atoms with E-state index in [1.54, 1.807) is 23.5 Å². The first-order valence-electron chi connectivity index (χ1n) is 6.59. The minimum atomic E-state index is 0.274. The summed E-state index contributed by atoms with van der Waals surface area (Å²) in [4.78, 5) is 2.64. The zero-order chi connectivity index (χ0) is 14.5. The van der Waals surface area contributed by atoms with Crippen molar-refractivity contribution in [1.82, 2.24) is 0 Å². The number of aliphatic hydroxyl groups excluding tert-OH is 2. The smallest absolute Gasteiger partial charge is 0.0521 e. The first kappa shape index (κ1) is 18.6. The van der Waals surface area contributed by atoms with Crippen molar-refractivity contribution in [2.75, 3.05) is 47.7 Å². The van der Waals surface area contributed by atoms with Crippen molar-refractivity contribution in [3.05, 3.63) is 24.3 Å². The molecule has 0 radical (unpaired) electrons. The highest BCUT2D eigenvalue weighted by Crippen LogP contribution is 2.26. The second-order valence-electron chi connectivity index (χ2n) is 3.84. The van der Waals surface area contributed by atoms with E-state index < -0.39 is 0 Å². The number of rotatable bonds is 12. The first-order valence-corrected chi connectivity index (χ1v) is 10.9. The fraction of sp³-hybridized carbons (Fsp3) is 0.571. The van der Waals surface area contributed by atoms with Crippen LogP contribution in [0, 0.1) is 0 Å². The Labute approximate surface area is 138 Å². The van der Waals surface area contributed by atoms with Crippen molar-refractivity contribution in [2.45, 2.75) is 9.79 Å². The molecule has 6 heteroatoms. The van der Waals surface area contributed by atoms with E-state index in [-0.39, 0.29) is 13.2 Å². The highest BCUT2D eigenvalue weighted by molar-refractivity contribution is 8.03. The van der Waals surface area contributed by atoms with Crippen molar-refractivity contribution in [2.24, 2.45) is 0 Å². The molecule has 1 aromatic rings. The summed E-state index contributed by atoms with van der Waals surface area (Å²) in [6.45, 7) is 0.547. The second-order valence-corrected chi connectivity index (χ2v) is 8.63. The number of benzene rings is 1. The zero-order valence-corrected chi connectivity index (χ0v) is 14.8. The van der Waals surface area contributed by atoms with Crippen LogP contribution in [0.3, 0.4) is 0 Å². The lowest BCUT2D eigenvalue weighted by Crippen LogP contribution is -1.91. The molecule has 0 saturated carbocycles. The van der Waals surface area contributed by atoms with E-state index in [1.165, 1.54) is 9.79 Å². The monoisotopic (exact) mass is 350 g/mol. The third-order valence-corrected chi connectivity index (χ3v) is 6.71. The van der Waals surface area contributed by atoms with E-state index in [0.717, 1.165) is 34.5 Å². The largest absolute Gasteiger partial charge is 0.396 e. The molecule has 114 valence electrons. The van der Waals surface area contributed by atoms with Gasteiger partial charge in [0.05, 0.1) is 13.2 Å². The maximum atomic E-state index is 8.71. The molecule has 1 rings (SSSR count). The quantitative estimate of drug-likeness (QED) is 0.445. The van der Waals surface area contributed by atoms with Crippen LogP contribution in [0.15, 0.2) is 34.1 Å². The highest BCUT2D eigenvalue weighted by Gasteiger charge is 1.99. The molecular weight excluding hydrogens is 328 g/mol. The van der Waals surface area contributed by atoms with Crippen LogP contribution in [0.25, 0.3) is 0 Å². The van der Waals surface area contributed by atoms with Gasteiger partial charge >= 0.3 is 0 Å². The highest BCUT2D eigenvalue weighted by atomic mass is 32.2. The van der Waals surface area contributed by atoms with Crippen LogP contribution in [0.2, 0.25) is 0 Å². The number of hydrogen-bond acceptors (Lipinski definition) is 6. The van der Waals surface area contributed by atoms with Gasteiger partial charge in [-0.15, -0.1) is 23.5 Å². The maximum absolute atomic E-state index is 8.71. The van der Waals surface area contributed by atoms with Gasteiger partial charge in [0.1, 0.15) is 0 Å². The molecule has 20 heavy (non-hydrogen) atoms. The fourth-order valence-electron chi connectivity index (χ4n) is 1.42. The van der Waals surface area contributed by atoms with Gasteiger partial charge in [-0.2, -0.15) is 23.5 Å². The Hall–Kier alpha value is 0.540. The maximum Gasteiger partial charge on any atom is 0.0521 e. The Morgan fingerprint density at radius 1 is 0.700 bits per heavy atom. The summed E-state index contributed by atoms with van der Waals surface area (Å²) in [5, 5.41) is 17.4. The molecule has 0 aliphatic carbocycles. The summed E-state index contributed by atoms with van der Waals surface area (Å²) in [5.74, 6) is 6.01. The molecule has 0 aliphatic rings. The minimum absolute atomic E-state index is 0.274. The van der Waals surface area contributed by atoms with Gasteiger partial charge in [0, 0.05) is 44.3 Å². The van der Waals surface area contributed by atoms with Crippen LogP contribution in [-0.2, 0) is 0 Å². The van der Waals surface area contributed by atoms with Crippen molar-refractivity contribution in [1.29, 1.82) is 0 Å². The first-order chi connectivity index (χ1) is 9.86. The van der Waals surface area contributed by atoms with Gasteiger partial charge in [-0.25, -0.2) is 0 Å². The lowest BCUT2D eigenvalue weighted by atomic mass is 10.4. The molecule has 0 aromatic heterocycles. The molecule has 2 nitrogen and oxygen atoms in total. The van der Waals surface area contributed by atoms with Crippen LogP contribution in [0.5, 0.6) is 0 Å². The van der Waals surface area contributed by atoms with Crippen LogP contribution in [0.1, 0.15) is 0 Å². The molecule has 0 fully saturated rings. The van der Waals surface area contributed by atoms with Gasteiger partial charge in [0.2, 0.25) is 0 Å². The van der Waals surface area contributed by atoms with Gasteiger partial charge < -0.3 is 10.2 Å². The van der Waals surface area contributed by atoms with Crippen LogP contribution >= 0.6 is 47.0 Å². The fourth-order valence-corrected chi connectivity index (χ4v) is 5.02. The normalized spacial score (nSPS) is 10.9. The van der Waals surface area contributed by atoms with Crippen molar-refractivity contribution >= 4 is 47.0 Å². The Kier molecular flexibility index (Phi) is 12.3. The Balaban J connectivity index is 2.19. The van der Waals surface area contributed by atoms with E-state index in [4.69, 9.17) is 10.2 Å². The van der Waals surface area contributed by atoms with E-state index in [1.807, 2.05) is 23.5 Å². The summed E-state index contributed by atoms with van der Waals surface area (Å²) >= 11 is 7.35.